The fourth-order valence-corrected chi connectivity index (χ4v) is 4.75. The molecule has 0 amide bonds. The molecule has 2 aromatic carbocycles. The topological polar surface area (TPSA) is 107 Å². The van der Waals surface area contributed by atoms with Gasteiger partial charge in [-0.3, -0.25) is 9.36 Å². The molecule has 0 aliphatic carbocycles. The van der Waals surface area contributed by atoms with Gasteiger partial charge in [-0.2, -0.15) is 5.21 Å². The molecule has 1 N–H and O–H groups in total. The number of benzene rings is 2. The number of rotatable bonds is 5. The third kappa shape index (κ3) is 3.65. The molecule has 0 bridgehead atoms. The molecule has 0 saturated carbocycles. The molecule has 0 aliphatic heterocycles. The molecule has 4 heterocycles. The van der Waals surface area contributed by atoms with Gasteiger partial charge in [0.05, 0.1) is 12.1 Å². The van der Waals surface area contributed by atoms with Crippen LogP contribution in [0.4, 0.5) is 0 Å². The number of nitrogens with zero attached hydrogens (tertiary/aromatic N) is 7. The zero-order valence-corrected chi connectivity index (χ0v) is 20.2. The first-order valence-electron chi connectivity index (χ1n) is 11.8. The summed E-state index contributed by atoms with van der Waals surface area (Å²) >= 11 is 0. The van der Waals surface area contributed by atoms with E-state index in [-0.39, 0.29) is 5.91 Å². The molecule has 6 aromatic rings. The van der Waals surface area contributed by atoms with Crippen LogP contribution in [0.25, 0.3) is 33.5 Å². The van der Waals surface area contributed by atoms with Gasteiger partial charge in [0.1, 0.15) is 11.3 Å². The number of H-pyrrole nitrogens is 1. The van der Waals surface area contributed by atoms with Gasteiger partial charge in [-0.15, -0.1) is 10.2 Å². The van der Waals surface area contributed by atoms with Crippen LogP contribution in [0.5, 0.6) is 0 Å². The fourth-order valence-electron chi connectivity index (χ4n) is 4.75. The van der Waals surface area contributed by atoms with Crippen LogP contribution in [0.1, 0.15) is 39.9 Å². The Morgan fingerprint density at radius 1 is 1.03 bits per heavy atom. The Bertz CT molecular complexity index is 1740. The molecule has 0 radical (unpaired) electrons. The van der Waals surface area contributed by atoms with Crippen molar-refractivity contribution in [2.45, 2.75) is 33.7 Å². The number of tetrazole rings is 1. The quantitative estimate of drug-likeness (QED) is 0.393. The van der Waals surface area contributed by atoms with Gasteiger partial charge in [0.25, 0.3) is 5.91 Å². The number of aromatic nitrogens is 8. The maximum absolute atomic E-state index is 13.4. The molecular weight excluding hydrogens is 452 g/mol. The summed E-state index contributed by atoms with van der Waals surface area (Å²) in [5.41, 5.74) is 7.25. The van der Waals surface area contributed by atoms with E-state index in [1.807, 2.05) is 37.4 Å². The maximum Gasteiger partial charge on any atom is 0.262 e. The lowest BCUT2D eigenvalue weighted by Crippen LogP contribution is -2.11. The molecule has 0 spiro atoms. The smallest absolute Gasteiger partial charge is 0.262 e. The predicted molar refractivity (Wildman–Crippen MR) is 137 cm³/mol. The van der Waals surface area contributed by atoms with Crippen molar-refractivity contribution < 1.29 is 4.79 Å². The summed E-state index contributed by atoms with van der Waals surface area (Å²) in [6.45, 7) is 6.87. The minimum absolute atomic E-state index is 0.118. The lowest BCUT2D eigenvalue weighted by molar-refractivity contribution is 0.0965. The highest BCUT2D eigenvalue weighted by molar-refractivity contribution is 6.02. The van der Waals surface area contributed by atoms with E-state index >= 15 is 0 Å². The third-order valence-electron chi connectivity index (χ3n) is 6.44. The number of fused-ring (bicyclic) bond motifs is 2. The molecule has 0 fully saturated rings. The molecule has 0 atom stereocenters. The summed E-state index contributed by atoms with van der Waals surface area (Å²) in [5, 5.41) is 15.0. The van der Waals surface area contributed by atoms with E-state index in [9.17, 15) is 4.79 Å². The molecule has 0 saturated heterocycles. The van der Waals surface area contributed by atoms with Crippen molar-refractivity contribution in [3.8, 4) is 11.4 Å². The Kier molecular flexibility index (Phi) is 5.18. The first-order valence-corrected chi connectivity index (χ1v) is 11.8. The van der Waals surface area contributed by atoms with Crippen LogP contribution in [0, 0.1) is 13.8 Å². The molecule has 0 aliphatic rings. The highest BCUT2D eigenvalue weighted by Crippen LogP contribution is 2.24. The number of nitrogens with one attached hydrogen (secondary N) is 1. The fraction of sp³-hybridized carbons (Fsp3) is 0.185. The van der Waals surface area contributed by atoms with E-state index in [2.05, 4.69) is 57.2 Å². The van der Waals surface area contributed by atoms with Crippen LogP contribution in [0.15, 0.2) is 60.8 Å². The lowest BCUT2D eigenvalue weighted by Gasteiger charge is -2.10. The van der Waals surface area contributed by atoms with Crippen LogP contribution < -0.4 is 0 Å². The number of hydrogen-bond donors (Lipinski definition) is 1. The molecule has 9 heteroatoms. The van der Waals surface area contributed by atoms with Crippen molar-refractivity contribution >= 4 is 28.0 Å². The largest absolute Gasteiger partial charge is 0.308 e. The number of pyridine rings is 1. The highest BCUT2D eigenvalue weighted by Gasteiger charge is 2.16. The number of hydrogen-bond acceptors (Lipinski definition) is 6. The van der Waals surface area contributed by atoms with Crippen LogP contribution in [0.3, 0.4) is 0 Å². The van der Waals surface area contributed by atoms with E-state index in [0.29, 0.717) is 17.9 Å². The van der Waals surface area contributed by atoms with Gasteiger partial charge in [-0.25, -0.2) is 9.97 Å². The molecule has 0 unspecified atom stereocenters. The Morgan fingerprint density at radius 3 is 2.72 bits per heavy atom. The van der Waals surface area contributed by atoms with Gasteiger partial charge in [0, 0.05) is 34.8 Å². The average molecular weight is 477 g/mol. The van der Waals surface area contributed by atoms with Crippen LogP contribution in [-0.4, -0.2) is 45.6 Å². The van der Waals surface area contributed by atoms with Crippen molar-refractivity contribution in [1.82, 2.24) is 39.7 Å². The lowest BCUT2D eigenvalue weighted by atomic mass is 10.1. The standard InChI is InChI=1S/C27H24N8O/c1-4-23-29-24-16(2)12-17(3)28-26(24)35(23)15-18-8-9-22-19(13-18)10-11-34(22)27(36)21-7-5-6-20(14-21)25-30-32-33-31-25/h5-14H,4,15H2,1-3H3,(H,30,31,32,33). The van der Waals surface area contributed by atoms with E-state index in [1.54, 1.807) is 16.7 Å². The Hall–Kier alpha value is -4.66. The Morgan fingerprint density at radius 2 is 1.92 bits per heavy atom. The second kappa shape index (κ2) is 8.53. The Balaban J connectivity index is 1.34. The van der Waals surface area contributed by atoms with E-state index < -0.39 is 0 Å². The minimum Gasteiger partial charge on any atom is -0.308 e. The summed E-state index contributed by atoms with van der Waals surface area (Å²) in [7, 11) is 0. The van der Waals surface area contributed by atoms with Crippen molar-refractivity contribution in [3.05, 3.63) is 89.0 Å². The second-order valence-corrected chi connectivity index (χ2v) is 8.92. The molecule has 9 nitrogen and oxygen atoms in total. The molecular formula is C27H24N8O. The Labute approximate surface area is 206 Å². The van der Waals surface area contributed by atoms with E-state index in [4.69, 9.17) is 9.97 Å². The van der Waals surface area contributed by atoms with Crippen LogP contribution in [0.2, 0.25) is 0 Å². The monoisotopic (exact) mass is 476 g/mol. The number of aryl methyl sites for hydroxylation is 3. The van der Waals surface area contributed by atoms with Gasteiger partial charge in [-0.05, 0) is 66.6 Å². The average Bonchev–Trinajstić information content (AvgIpc) is 3.63. The van der Waals surface area contributed by atoms with E-state index in [0.717, 1.165) is 56.7 Å². The SMILES string of the molecule is CCc1nc2c(C)cc(C)nc2n1Cc1ccc2c(ccn2C(=O)c2cccc(-c3nn[nH]n3)c2)c1. The zero-order valence-electron chi connectivity index (χ0n) is 20.2. The first kappa shape index (κ1) is 21.8. The first-order chi connectivity index (χ1) is 17.5. The molecule has 178 valence electrons. The summed E-state index contributed by atoms with van der Waals surface area (Å²) < 4.78 is 3.87. The number of carbonyl (C=O) groups is 1. The van der Waals surface area contributed by atoms with Gasteiger partial charge < -0.3 is 4.57 Å². The van der Waals surface area contributed by atoms with Gasteiger partial charge in [0.2, 0.25) is 5.82 Å². The number of aromatic amines is 1. The number of imidazole rings is 1. The molecule has 6 rings (SSSR count). The zero-order chi connectivity index (χ0) is 24.8. The molecule has 36 heavy (non-hydrogen) atoms. The van der Waals surface area contributed by atoms with Gasteiger partial charge in [-0.1, -0.05) is 25.1 Å². The third-order valence-corrected chi connectivity index (χ3v) is 6.44. The van der Waals surface area contributed by atoms with Crippen LogP contribution >= 0.6 is 0 Å². The van der Waals surface area contributed by atoms with Crippen molar-refractivity contribution in [1.29, 1.82) is 0 Å². The number of carbonyl (C=O) groups excluding carboxylic acids is 1. The summed E-state index contributed by atoms with van der Waals surface area (Å²) in [6.07, 6.45) is 2.64. The van der Waals surface area contributed by atoms with E-state index in [1.165, 1.54) is 0 Å². The predicted octanol–water partition coefficient (Wildman–Crippen LogP) is 4.48. The van der Waals surface area contributed by atoms with Gasteiger partial charge in [0.15, 0.2) is 5.65 Å². The van der Waals surface area contributed by atoms with Crippen molar-refractivity contribution in [2.24, 2.45) is 0 Å². The van der Waals surface area contributed by atoms with Crippen molar-refractivity contribution in [3.63, 3.8) is 0 Å². The summed E-state index contributed by atoms with van der Waals surface area (Å²) in [4.78, 5) is 23.0. The second-order valence-electron chi connectivity index (χ2n) is 8.92. The van der Waals surface area contributed by atoms with Crippen LogP contribution in [-0.2, 0) is 13.0 Å². The maximum atomic E-state index is 13.4. The summed E-state index contributed by atoms with van der Waals surface area (Å²) in [6, 6.07) is 17.5. The van der Waals surface area contributed by atoms with Gasteiger partial charge >= 0.3 is 0 Å². The normalized spacial score (nSPS) is 11.5. The summed E-state index contributed by atoms with van der Waals surface area (Å²) in [5.74, 6) is 1.35. The highest BCUT2D eigenvalue weighted by atomic mass is 16.2. The van der Waals surface area contributed by atoms with Crippen molar-refractivity contribution in [2.75, 3.05) is 0 Å². The minimum atomic E-state index is -0.118. The molecule has 4 aromatic heterocycles.